The number of aliphatic carboxylic acids is 1. The number of carboxylic acids is 1. The van der Waals surface area contributed by atoms with Crippen molar-refractivity contribution in [1.82, 2.24) is 15.1 Å². The van der Waals surface area contributed by atoms with Gasteiger partial charge >= 0.3 is 0 Å². The lowest BCUT2D eigenvalue weighted by Gasteiger charge is -2.40. The molecule has 2 atom stereocenters. The summed E-state index contributed by atoms with van der Waals surface area (Å²) in [6.07, 6.45) is 1.51. The zero-order valence-corrected chi connectivity index (χ0v) is 25.6. The van der Waals surface area contributed by atoms with E-state index in [-0.39, 0.29) is 35.6 Å². The molecule has 2 aromatic carbocycles. The number of likely N-dealkylation sites (tertiary alicyclic amines) is 1. The van der Waals surface area contributed by atoms with Crippen LogP contribution in [0.1, 0.15) is 43.2 Å². The zero-order chi connectivity index (χ0) is 31.7. The van der Waals surface area contributed by atoms with Gasteiger partial charge in [-0.05, 0) is 25.0 Å². The highest BCUT2D eigenvalue weighted by atomic mass is 19.1. The van der Waals surface area contributed by atoms with Gasteiger partial charge in [0.25, 0.3) is 5.97 Å². The van der Waals surface area contributed by atoms with Crippen molar-refractivity contribution in [3.05, 3.63) is 53.3 Å². The Balaban J connectivity index is 0.00000104. The summed E-state index contributed by atoms with van der Waals surface area (Å²) < 4.78 is 37.6. The number of rotatable bonds is 5. The standard InChI is InChI=1S/C30H38FN3O6.C2H4O2/c1-37-17-28(36)34-11-4-8-27(35)32-18-30-19-33(15-21-9-10-22(38-2)14-25(21)31)16-24(30)23-6-3-7-26(29(23)40-20-30)39-13-5-12-34;1-2(3)4/h3,6-7,9-10,14,24H,4-5,8,11-13,15-20H2,1-2H3,(H,32,35);1H3,(H,3,4)/t24-,30+;/m0./s1. The van der Waals surface area contributed by atoms with E-state index >= 15 is 0 Å². The monoisotopic (exact) mass is 615 g/mol. The molecule has 2 aromatic rings. The minimum Gasteiger partial charge on any atom is -0.497 e. The van der Waals surface area contributed by atoms with Crippen LogP contribution in [0.2, 0.25) is 0 Å². The summed E-state index contributed by atoms with van der Waals surface area (Å²) in [4.78, 5) is 38.4. The van der Waals surface area contributed by atoms with Crippen LogP contribution in [0.3, 0.4) is 0 Å². The molecular weight excluding hydrogens is 573 g/mol. The van der Waals surface area contributed by atoms with Crippen LogP contribution >= 0.6 is 0 Å². The van der Waals surface area contributed by atoms with Gasteiger partial charge < -0.3 is 34.3 Å². The van der Waals surface area contributed by atoms with Crippen LogP contribution in [-0.2, 0) is 25.7 Å². The molecule has 1 fully saturated rings. The van der Waals surface area contributed by atoms with Crippen molar-refractivity contribution < 1.29 is 42.8 Å². The van der Waals surface area contributed by atoms with E-state index < -0.39 is 5.97 Å². The van der Waals surface area contributed by atoms with Crippen LogP contribution in [0.25, 0.3) is 0 Å². The molecule has 1 spiro atoms. The average Bonchev–Trinajstić information content (AvgIpc) is 3.36. The molecule has 0 radical (unpaired) electrons. The van der Waals surface area contributed by atoms with Gasteiger partial charge in [0, 0.05) is 88.2 Å². The Morgan fingerprint density at radius 3 is 2.66 bits per heavy atom. The van der Waals surface area contributed by atoms with Gasteiger partial charge in [0.2, 0.25) is 11.8 Å². The van der Waals surface area contributed by atoms with E-state index in [1.807, 2.05) is 12.1 Å². The Morgan fingerprint density at radius 2 is 1.93 bits per heavy atom. The number of carbonyl (C=O) groups is 3. The quantitative estimate of drug-likeness (QED) is 0.522. The second-order valence-corrected chi connectivity index (χ2v) is 11.4. The van der Waals surface area contributed by atoms with Gasteiger partial charge in [-0.15, -0.1) is 0 Å². The van der Waals surface area contributed by atoms with Gasteiger partial charge in [-0.25, -0.2) is 4.39 Å². The Morgan fingerprint density at radius 1 is 1.16 bits per heavy atom. The number of halogens is 1. The second kappa shape index (κ2) is 15.2. The van der Waals surface area contributed by atoms with E-state index in [0.717, 1.165) is 18.2 Å². The number of hydrogen-bond donors (Lipinski definition) is 2. The number of nitrogens with zero attached hydrogens (tertiary/aromatic N) is 2. The maximum Gasteiger partial charge on any atom is 0.300 e. The first-order valence-corrected chi connectivity index (χ1v) is 14.8. The molecule has 2 N–H and O–H groups in total. The number of hydrogen-bond acceptors (Lipinski definition) is 8. The van der Waals surface area contributed by atoms with Crippen LogP contribution in [0.5, 0.6) is 17.2 Å². The van der Waals surface area contributed by atoms with Crippen LogP contribution in [0, 0.1) is 11.2 Å². The van der Waals surface area contributed by atoms with E-state index in [0.29, 0.717) is 88.8 Å². The van der Waals surface area contributed by atoms with Crippen molar-refractivity contribution in [2.45, 2.75) is 38.6 Å². The molecule has 240 valence electrons. The molecular formula is C32H42FN3O8. The first kappa shape index (κ1) is 33.0. The highest BCUT2D eigenvalue weighted by Crippen LogP contribution is 2.52. The molecule has 4 aliphatic heterocycles. The van der Waals surface area contributed by atoms with Gasteiger partial charge in [-0.3, -0.25) is 19.3 Å². The second-order valence-electron chi connectivity index (χ2n) is 11.4. The van der Waals surface area contributed by atoms with Crippen LogP contribution < -0.4 is 19.5 Å². The van der Waals surface area contributed by atoms with Gasteiger partial charge in [-0.1, -0.05) is 18.2 Å². The summed E-state index contributed by atoms with van der Waals surface area (Å²) >= 11 is 0. The van der Waals surface area contributed by atoms with E-state index in [4.69, 9.17) is 28.8 Å². The minimum absolute atomic E-state index is 0.00786. The molecule has 6 rings (SSSR count). The lowest BCUT2D eigenvalue weighted by Crippen LogP contribution is -2.48. The van der Waals surface area contributed by atoms with E-state index in [9.17, 15) is 14.0 Å². The first-order chi connectivity index (χ1) is 21.2. The molecule has 2 amide bonds. The molecule has 12 heteroatoms. The number of amides is 2. The van der Waals surface area contributed by atoms with Crippen LogP contribution in [0.15, 0.2) is 36.4 Å². The SMILES string of the molecule is CC(=O)O.COCC(=O)N1CCCOc2cccc3c2OC[C@@]2(CNC(=O)CCC1)CN(Cc1ccc(OC)cc1F)C[C@@H]32. The predicted octanol–water partition coefficient (Wildman–Crippen LogP) is 3.06. The predicted molar refractivity (Wildman–Crippen MR) is 159 cm³/mol. The van der Waals surface area contributed by atoms with E-state index in [1.165, 1.54) is 20.3 Å². The Hall–Kier alpha value is -3.90. The normalized spacial score (nSPS) is 22.0. The Kier molecular flexibility index (Phi) is 11.4. The number of benzene rings is 2. The molecule has 4 bridgehead atoms. The summed E-state index contributed by atoms with van der Waals surface area (Å²) in [5, 5.41) is 10.6. The summed E-state index contributed by atoms with van der Waals surface area (Å²) in [5.74, 6) is 0.687. The number of para-hydroxylation sites is 1. The largest absolute Gasteiger partial charge is 0.497 e. The third kappa shape index (κ3) is 8.17. The number of methoxy groups -OCH3 is 2. The van der Waals surface area contributed by atoms with Crippen LogP contribution in [0.4, 0.5) is 4.39 Å². The molecule has 1 saturated heterocycles. The third-order valence-electron chi connectivity index (χ3n) is 8.18. The topological polar surface area (TPSA) is 127 Å². The maximum atomic E-state index is 14.8. The zero-order valence-electron chi connectivity index (χ0n) is 25.6. The molecule has 0 unspecified atom stereocenters. The van der Waals surface area contributed by atoms with Gasteiger partial charge in [0.1, 0.15) is 18.2 Å². The molecule has 11 nitrogen and oxygen atoms in total. The summed E-state index contributed by atoms with van der Waals surface area (Å²) in [7, 11) is 3.02. The number of carbonyl (C=O) groups excluding carboxylic acids is 2. The lowest BCUT2D eigenvalue weighted by molar-refractivity contribution is -0.136. The fraction of sp³-hybridized carbons (Fsp3) is 0.531. The summed E-state index contributed by atoms with van der Waals surface area (Å²) in [6.45, 7) is 5.17. The highest BCUT2D eigenvalue weighted by molar-refractivity contribution is 5.78. The average molecular weight is 616 g/mol. The Labute approximate surface area is 257 Å². The number of carboxylic acid groups (broad SMARTS) is 1. The van der Waals surface area contributed by atoms with E-state index in [1.54, 1.807) is 17.0 Å². The fourth-order valence-corrected chi connectivity index (χ4v) is 6.12. The van der Waals surface area contributed by atoms with Gasteiger partial charge in [0.15, 0.2) is 11.5 Å². The number of ether oxygens (including phenoxy) is 4. The molecule has 0 aliphatic carbocycles. The molecule has 0 aromatic heterocycles. The van der Waals surface area contributed by atoms with Crippen molar-refractivity contribution >= 4 is 17.8 Å². The molecule has 0 saturated carbocycles. The first-order valence-electron chi connectivity index (χ1n) is 14.8. The van der Waals surface area contributed by atoms with Crippen molar-refractivity contribution in [3.63, 3.8) is 0 Å². The minimum atomic E-state index is -0.833. The van der Waals surface area contributed by atoms with E-state index in [2.05, 4.69) is 16.3 Å². The van der Waals surface area contributed by atoms with Crippen LogP contribution in [-0.4, -0.2) is 99.5 Å². The Bertz CT molecular complexity index is 1320. The van der Waals surface area contributed by atoms with Crippen molar-refractivity contribution in [2.24, 2.45) is 5.41 Å². The van der Waals surface area contributed by atoms with Crippen molar-refractivity contribution in [3.8, 4) is 17.2 Å². The lowest BCUT2D eigenvalue weighted by atomic mass is 9.73. The van der Waals surface area contributed by atoms with Crippen molar-refractivity contribution in [2.75, 3.05) is 66.8 Å². The third-order valence-corrected chi connectivity index (χ3v) is 8.18. The highest BCUT2D eigenvalue weighted by Gasteiger charge is 2.51. The molecule has 44 heavy (non-hydrogen) atoms. The van der Waals surface area contributed by atoms with Gasteiger partial charge in [0.05, 0.1) is 20.3 Å². The summed E-state index contributed by atoms with van der Waals surface area (Å²) in [6, 6.07) is 10.9. The smallest absolute Gasteiger partial charge is 0.300 e. The maximum absolute atomic E-state index is 14.8. The molecule has 4 aliphatic rings. The molecule has 4 heterocycles. The number of nitrogens with one attached hydrogen (secondary N) is 1. The summed E-state index contributed by atoms with van der Waals surface area (Å²) in [5.41, 5.74) is 1.27. The van der Waals surface area contributed by atoms with Gasteiger partial charge in [-0.2, -0.15) is 0 Å². The fourth-order valence-electron chi connectivity index (χ4n) is 6.12. The number of fused-ring (bicyclic) bond motifs is 11. The van der Waals surface area contributed by atoms with Crippen molar-refractivity contribution in [1.29, 1.82) is 0 Å².